The van der Waals surface area contributed by atoms with Crippen LogP contribution >= 0.6 is 22.7 Å². The first-order valence-electron chi connectivity index (χ1n) is 7.33. The fourth-order valence-electron chi connectivity index (χ4n) is 2.62. The van der Waals surface area contributed by atoms with E-state index in [1.807, 2.05) is 22.9 Å². The van der Waals surface area contributed by atoms with Gasteiger partial charge in [0.15, 0.2) is 5.13 Å². The second kappa shape index (κ2) is 6.87. The van der Waals surface area contributed by atoms with Crippen LogP contribution < -0.4 is 5.32 Å². The van der Waals surface area contributed by atoms with Crippen molar-refractivity contribution in [3.63, 3.8) is 0 Å². The number of hydrogen-bond acceptors (Lipinski definition) is 6. The topological polar surface area (TPSA) is 48.5 Å². The predicted octanol–water partition coefficient (Wildman–Crippen LogP) is 2.45. The van der Waals surface area contributed by atoms with Crippen molar-refractivity contribution in [3.8, 4) is 10.6 Å². The summed E-state index contributed by atoms with van der Waals surface area (Å²) < 4.78 is 0. The molecule has 0 aromatic carbocycles. The van der Waals surface area contributed by atoms with Gasteiger partial charge in [0.25, 0.3) is 0 Å². The number of carbonyl (C=O) groups is 1. The Balaban J connectivity index is 1.56. The van der Waals surface area contributed by atoms with Crippen molar-refractivity contribution in [2.45, 2.75) is 13.0 Å². The van der Waals surface area contributed by atoms with Crippen molar-refractivity contribution in [2.75, 3.05) is 38.5 Å². The third-order valence-corrected chi connectivity index (χ3v) is 5.49. The SMILES string of the molecule is C[C@@H]1CN(C)CCN1CC(=O)Nc1nc(-c2cccs2)cs1. The lowest BCUT2D eigenvalue weighted by Gasteiger charge is -2.37. The molecule has 5 nitrogen and oxygen atoms in total. The molecular weight excluding hydrogens is 316 g/mol. The zero-order valence-electron chi connectivity index (χ0n) is 12.8. The van der Waals surface area contributed by atoms with E-state index >= 15 is 0 Å². The number of amides is 1. The molecule has 1 atom stereocenters. The molecule has 1 aliphatic heterocycles. The summed E-state index contributed by atoms with van der Waals surface area (Å²) in [6, 6.07) is 4.45. The maximum atomic E-state index is 12.2. The van der Waals surface area contributed by atoms with Gasteiger partial charge in [0, 0.05) is 31.1 Å². The van der Waals surface area contributed by atoms with Gasteiger partial charge < -0.3 is 10.2 Å². The van der Waals surface area contributed by atoms with Crippen LogP contribution in [-0.4, -0.2) is 60.0 Å². The van der Waals surface area contributed by atoms with E-state index in [1.54, 1.807) is 11.3 Å². The summed E-state index contributed by atoms with van der Waals surface area (Å²) in [5.41, 5.74) is 0.934. The highest BCUT2D eigenvalue weighted by Crippen LogP contribution is 2.28. The first-order valence-corrected chi connectivity index (χ1v) is 9.09. The van der Waals surface area contributed by atoms with E-state index in [1.165, 1.54) is 11.3 Å². The number of nitrogens with zero attached hydrogens (tertiary/aromatic N) is 3. The minimum Gasteiger partial charge on any atom is -0.304 e. The maximum Gasteiger partial charge on any atom is 0.240 e. The number of thiazole rings is 1. The zero-order valence-corrected chi connectivity index (χ0v) is 14.4. The lowest BCUT2D eigenvalue weighted by Crippen LogP contribution is -2.52. The van der Waals surface area contributed by atoms with Gasteiger partial charge in [0.2, 0.25) is 5.91 Å². The number of nitrogens with one attached hydrogen (secondary N) is 1. The number of carbonyl (C=O) groups excluding carboxylic acids is 1. The van der Waals surface area contributed by atoms with Gasteiger partial charge in [0.1, 0.15) is 0 Å². The van der Waals surface area contributed by atoms with Crippen LogP contribution in [0.15, 0.2) is 22.9 Å². The predicted molar refractivity (Wildman–Crippen MR) is 92.6 cm³/mol. The number of aromatic nitrogens is 1. The quantitative estimate of drug-likeness (QED) is 0.932. The van der Waals surface area contributed by atoms with E-state index in [-0.39, 0.29) is 5.91 Å². The van der Waals surface area contributed by atoms with Crippen molar-refractivity contribution in [1.29, 1.82) is 0 Å². The summed E-state index contributed by atoms with van der Waals surface area (Å²) in [5.74, 6) is 0.0171. The molecule has 1 amide bonds. The number of piperazine rings is 1. The van der Waals surface area contributed by atoms with Crippen molar-refractivity contribution in [3.05, 3.63) is 22.9 Å². The first-order chi connectivity index (χ1) is 10.6. The van der Waals surface area contributed by atoms with Crippen LogP contribution in [0.1, 0.15) is 6.92 Å². The third-order valence-electron chi connectivity index (χ3n) is 3.84. The normalized spacial score (nSPS) is 20.2. The average molecular weight is 336 g/mol. The molecule has 0 radical (unpaired) electrons. The molecule has 1 aliphatic rings. The van der Waals surface area contributed by atoms with Gasteiger partial charge in [-0.15, -0.1) is 22.7 Å². The van der Waals surface area contributed by atoms with Crippen LogP contribution in [0.5, 0.6) is 0 Å². The highest BCUT2D eigenvalue weighted by atomic mass is 32.1. The van der Waals surface area contributed by atoms with Gasteiger partial charge in [-0.1, -0.05) is 6.07 Å². The molecule has 1 N–H and O–H groups in total. The first kappa shape index (κ1) is 15.6. The Morgan fingerprint density at radius 3 is 3.05 bits per heavy atom. The second-order valence-corrected chi connectivity index (χ2v) is 7.45. The number of likely N-dealkylation sites (N-methyl/N-ethyl adjacent to an activating group) is 1. The smallest absolute Gasteiger partial charge is 0.240 e. The summed E-state index contributed by atoms with van der Waals surface area (Å²) in [6.07, 6.45) is 0. The average Bonchev–Trinajstić information content (AvgIpc) is 3.12. The van der Waals surface area contributed by atoms with Crippen molar-refractivity contribution in [2.24, 2.45) is 0 Å². The number of anilines is 1. The lowest BCUT2D eigenvalue weighted by molar-refractivity contribution is -0.118. The molecule has 118 valence electrons. The van der Waals surface area contributed by atoms with E-state index in [0.717, 1.165) is 30.2 Å². The molecule has 0 aliphatic carbocycles. The highest BCUT2D eigenvalue weighted by molar-refractivity contribution is 7.16. The molecule has 22 heavy (non-hydrogen) atoms. The Kier molecular flexibility index (Phi) is 4.87. The Morgan fingerprint density at radius 1 is 1.45 bits per heavy atom. The van der Waals surface area contributed by atoms with Crippen LogP contribution in [0.4, 0.5) is 5.13 Å². The Labute approximate surface area is 138 Å². The van der Waals surface area contributed by atoms with Crippen LogP contribution in [0.2, 0.25) is 0 Å². The van der Waals surface area contributed by atoms with Crippen LogP contribution in [0, 0.1) is 0 Å². The Bertz CT molecular complexity index is 625. The minimum absolute atomic E-state index is 0.0171. The molecule has 2 aromatic heterocycles. The monoisotopic (exact) mass is 336 g/mol. The minimum atomic E-state index is 0.0171. The van der Waals surface area contributed by atoms with E-state index in [9.17, 15) is 4.79 Å². The summed E-state index contributed by atoms with van der Waals surface area (Å²) >= 11 is 3.13. The van der Waals surface area contributed by atoms with E-state index < -0.39 is 0 Å². The molecule has 2 aromatic rings. The van der Waals surface area contributed by atoms with Crippen LogP contribution in [0.3, 0.4) is 0 Å². The Morgan fingerprint density at radius 2 is 2.32 bits per heavy atom. The van der Waals surface area contributed by atoms with Gasteiger partial charge in [-0.25, -0.2) is 4.98 Å². The molecule has 0 spiro atoms. The summed E-state index contributed by atoms with van der Waals surface area (Å²) in [7, 11) is 2.12. The van der Waals surface area contributed by atoms with E-state index in [4.69, 9.17) is 0 Å². The molecule has 7 heteroatoms. The summed E-state index contributed by atoms with van der Waals surface area (Å²) in [5, 5.41) is 7.61. The second-order valence-electron chi connectivity index (χ2n) is 5.65. The zero-order chi connectivity index (χ0) is 15.5. The van der Waals surface area contributed by atoms with Gasteiger partial charge in [-0.2, -0.15) is 0 Å². The largest absolute Gasteiger partial charge is 0.304 e. The molecule has 0 saturated carbocycles. The Hall–Kier alpha value is -1.28. The lowest BCUT2D eigenvalue weighted by atomic mass is 10.2. The summed E-state index contributed by atoms with van der Waals surface area (Å²) in [6.45, 7) is 5.55. The molecular formula is C15H20N4OS2. The van der Waals surface area contributed by atoms with Gasteiger partial charge >= 0.3 is 0 Å². The van der Waals surface area contributed by atoms with Crippen LogP contribution in [0.25, 0.3) is 10.6 Å². The highest BCUT2D eigenvalue weighted by Gasteiger charge is 2.23. The number of rotatable bonds is 4. The van der Waals surface area contributed by atoms with Crippen molar-refractivity contribution < 1.29 is 4.79 Å². The molecule has 0 unspecified atom stereocenters. The van der Waals surface area contributed by atoms with Gasteiger partial charge in [-0.3, -0.25) is 9.69 Å². The van der Waals surface area contributed by atoms with Gasteiger partial charge in [0.05, 0.1) is 17.1 Å². The van der Waals surface area contributed by atoms with E-state index in [2.05, 4.69) is 34.1 Å². The molecule has 1 saturated heterocycles. The van der Waals surface area contributed by atoms with Crippen LogP contribution in [-0.2, 0) is 4.79 Å². The van der Waals surface area contributed by atoms with Gasteiger partial charge in [-0.05, 0) is 25.4 Å². The number of thiophene rings is 1. The molecule has 3 heterocycles. The fraction of sp³-hybridized carbons (Fsp3) is 0.467. The number of hydrogen-bond donors (Lipinski definition) is 1. The fourth-order valence-corrected chi connectivity index (χ4v) is 4.11. The molecule has 0 bridgehead atoms. The van der Waals surface area contributed by atoms with Crippen molar-refractivity contribution in [1.82, 2.24) is 14.8 Å². The third kappa shape index (κ3) is 3.73. The van der Waals surface area contributed by atoms with Crippen molar-refractivity contribution >= 4 is 33.7 Å². The van der Waals surface area contributed by atoms with E-state index in [0.29, 0.717) is 17.7 Å². The maximum absolute atomic E-state index is 12.2. The summed E-state index contributed by atoms with van der Waals surface area (Å²) in [4.78, 5) is 22.3. The molecule has 3 rings (SSSR count). The standard InChI is InChI=1S/C15H20N4OS2/c1-11-8-18(2)5-6-19(11)9-14(20)17-15-16-12(10-22-15)13-4-3-7-21-13/h3-4,7,10-11H,5-6,8-9H2,1-2H3,(H,16,17,20)/t11-/m1/s1. The molecule has 1 fully saturated rings.